The Morgan fingerprint density at radius 2 is 1.68 bits per heavy atom. The van der Waals surface area contributed by atoms with Gasteiger partial charge < -0.3 is 15.0 Å². The second-order valence-corrected chi connectivity index (χ2v) is 8.74. The number of nitrogens with one attached hydrogen (secondary N) is 1. The van der Waals surface area contributed by atoms with Crippen molar-refractivity contribution in [1.82, 2.24) is 19.5 Å². The molecule has 174 valence electrons. The molecule has 2 N–H and O–H groups in total. The van der Waals surface area contributed by atoms with Crippen molar-refractivity contribution in [3.8, 4) is 22.6 Å². The van der Waals surface area contributed by atoms with Crippen molar-refractivity contribution < 1.29 is 13.9 Å². The van der Waals surface area contributed by atoms with Crippen molar-refractivity contribution in [2.24, 2.45) is 0 Å². The smallest absolute Gasteiger partial charge is 0.227 e. The SMILES string of the molecule is O[C@H]1CC[C@H](n2cnc(-c3ccc(F)cc3)c2-c2ccnc(Nc3ccc(F)cc3Cl)n2)CC1. The molecule has 1 fully saturated rings. The van der Waals surface area contributed by atoms with Gasteiger partial charge in [0, 0.05) is 17.8 Å². The van der Waals surface area contributed by atoms with Gasteiger partial charge in [-0.3, -0.25) is 0 Å². The quantitative estimate of drug-likeness (QED) is 0.357. The van der Waals surface area contributed by atoms with Gasteiger partial charge in [0.2, 0.25) is 5.95 Å². The molecule has 0 saturated heterocycles. The number of aliphatic hydroxyl groups excluding tert-OH is 1. The summed E-state index contributed by atoms with van der Waals surface area (Å²) < 4.78 is 29.1. The fourth-order valence-electron chi connectivity index (χ4n) is 4.31. The number of aromatic nitrogens is 4. The Labute approximate surface area is 200 Å². The summed E-state index contributed by atoms with van der Waals surface area (Å²) in [6.07, 6.45) is 6.18. The topological polar surface area (TPSA) is 75.9 Å². The van der Waals surface area contributed by atoms with Gasteiger partial charge in [-0.05, 0) is 74.2 Å². The molecule has 0 spiro atoms. The first-order valence-electron chi connectivity index (χ1n) is 11.0. The number of aliphatic hydroxyl groups is 1. The van der Waals surface area contributed by atoms with Gasteiger partial charge in [0.1, 0.15) is 11.6 Å². The number of imidazole rings is 1. The van der Waals surface area contributed by atoms with Crippen LogP contribution in [0.15, 0.2) is 61.1 Å². The van der Waals surface area contributed by atoms with Gasteiger partial charge in [-0.1, -0.05) is 11.6 Å². The minimum Gasteiger partial charge on any atom is -0.393 e. The molecule has 5 rings (SSSR count). The van der Waals surface area contributed by atoms with Gasteiger partial charge in [-0.15, -0.1) is 0 Å². The molecule has 2 aromatic carbocycles. The van der Waals surface area contributed by atoms with Crippen molar-refractivity contribution in [2.45, 2.75) is 37.8 Å². The van der Waals surface area contributed by atoms with E-state index in [1.807, 2.05) is 0 Å². The van der Waals surface area contributed by atoms with Crippen LogP contribution in [0.2, 0.25) is 5.02 Å². The number of halogens is 3. The maximum atomic E-state index is 13.6. The first-order chi connectivity index (χ1) is 16.5. The fourth-order valence-corrected chi connectivity index (χ4v) is 4.52. The van der Waals surface area contributed by atoms with Crippen molar-refractivity contribution >= 4 is 23.2 Å². The minimum atomic E-state index is -0.435. The largest absolute Gasteiger partial charge is 0.393 e. The summed E-state index contributed by atoms with van der Waals surface area (Å²) in [7, 11) is 0. The number of nitrogens with zero attached hydrogens (tertiary/aromatic N) is 4. The Morgan fingerprint density at radius 1 is 0.941 bits per heavy atom. The zero-order chi connectivity index (χ0) is 23.7. The van der Waals surface area contributed by atoms with Crippen molar-refractivity contribution in [2.75, 3.05) is 5.32 Å². The van der Waals surface area contributed by atoms with Crippen molar-refractivity contribution in [1.29, 1.82) is 0 Å². The molecular weight excluding hydrogens is 460 g/mol. The molecule has 4 aromatic rings. The molecule has 0 radical (unpaired) electrons. The average Bonchev–Trinajstić information content (AvgIpc) is 3.27. The molecule has 0 atom stereocenters. The molecule has 34 heavy (non-hydrogen) atoms. The van der Waals surface area contributed by atoms with Gasteiger partial charge in [0.25, 0.3) is 0 Å². The second kappa shape index (κ2) is 9.48. The molecule has 0 unspecified atom stereocenters. The Morgan fingerprint density at radius 3 is 2.41 bits per heavy atom. The molecule has 0 aliphatic heterocycles. The van der Waals surface area contributed by atoms with Crippen LogP contribution >= 0.6 is 11.6 Å². The van der Waals surface area contributed by atoms with E-state index in [0.717, 1.165) is 24.1 Å². The summed E-state index contributed by atoms with van der Waals surface area (Å²) in [5.41, 5.74) is 3.33. The first-order valence-corrected chi connectivity index (χ1v) is 11.4. The normalized spacial score (nSPS) is 18.1. The third-order valence-corrected chi connectivity index (χ3v) is 6.36. The van der Waals surface area contributed by atoms with E-state index in [-0.39, 0.29) is 23.0 Å². The van der Waals surface area contributed by atoms with E-state index in [4.69, 9.17) is 11.6 Å². The number of anilines is 2. The average molecular weight is 482 g/mol. The highest BCUT2D eigenvalue weighted by atomic mass is 35.5. The van der Waals surface area contributed by atoms with Crippen LogP contribution < -0.4 is 5.32 Å². The van der Waals surface area contributed by atoms with Crippen LogP contribution in [-0.2, 0) is 0 Å². The summed E-state index contributed by atoms with van der Waals surface area (Å²) in [6, 6.07) is 12.2. The van der Waals surface area contributed by atoms with E-state index in [2.05, 4.69) is 24.8 Å². The maximum Gasteiger partial charge on any atom is 0.227 e. The number of rotatable bonds is 5. The lowest BCUT2D eigenvalue weighted by Crippen LogP contribution is -2.21. The molecule has 2 aromatic heterocycles. The van der Waals surface area contributed by atoms with E-state index in [0.29, 0.717) is 35.9 Å². The third kappa shape index (κ3) is 4.64. The lowest BCUT2D eigenvalue weighted by molar-refractivity contribution is 0.111. The standard InChI is InChI=1S/C25H22ClF2N5O/c26-20-13-17(28)5-10-21(20)31-25-29-12-11-22(32-25)24-23(15-1-3-16(27)4-2-15)30-14-33(24)18-6-8-19(34)9-7-18/h1-5,10-14,18-19,34H,6-9H2,(H,29,31,32)/t18-,19-. The summed E-state index contributed by atoms with van der Waals surface area (Å²) in [4.78, 5) is 13.6. The summed E-state index contributed by atoms with van der Waals surface area (Å²) in [5, 5.41) is 13.2. The van der Waals surface area contributed by atoms with Crippen LogP contribution in [0, 0.1) is 11.6 Å². The Hall–Kier alpha value is -3.36. The summed E-state index contributed by atoms with van der Waals surface area (Å²) in [6.45, 7) is 0. The second-order valence-electron chi connectivity index (χ2n) is 8.33. The lowest BCUT2D eigenvalue weighted by atomic mass is 9.92. The van der Waals surface area contributed by atoms with Crippen LogP contribution in [0.5, 0.6) is 0 Å². The lowest BCUT2D eigenvalue weighted by Gasteiger charge is -2.28. The third-order valence-electron chi connectivity index (χ3n) is 6.05. The Balaban J connectivity index is 1.56. The highest BCUT2D eigenvalue weighted by molar-refractivity contribution is 6.33. The van der Waals surface area contributed by atoms with Crippen LogP contribution in [0.4, 0.5) is 20.4 Å². The summed E-state index contributed by atoms with van der Waals surface area (Å²) >= 11 is 6.15. The Bertz CT molecular complexity index is 1300. The molecule has 1 aliphatic carbocycles. The molecule has 6 nitrogen and oxygen atoms in total. The zero-order valence-electron chi connectivity index (χ0n) is 18.1. The highest BCUT2D eigenvalue weighted by Crippen LogP contribution is 2.37. The van der Waals surface area contributed by atoms with Crippen LogP contribution in [0.3, 0.4) is 0 Å². The maximum absolute atomic E-state index is 13.6. The predicted molar refractivity (Wildman–Crippen MR) is 127 cm³/mol. The number of benzene rings is 2. The molecule has 0 bridgehead atoms. The van der Waals surface area contributed by atoms with E-state index >= 15 is 0 Å². The molecule has 1 saturated carbocycles. The molecule has 1 aliphatic rings. The van der Waals surface area contributed by atoms with E-state index < -0.39 is 5.82 Å². The fraction of sp³-hybridized carbons (Fsp3) is 0.240. The van der Waals surface area contributed by atoms with Crippen molar-refractivity contribution in [3.05, 3.63) is 77.7 Å². The van der Waals surface area contributed by atoms with E-state index in [1.165, 1.54) is 30.3 Å². The zero-order valence-corrected chi connectivity index (χ0v) is 18.9. The van der Waals surface area contributed by atoms with Crippen LogP contribution in [0.25, 0.3) is 22.6 Å². The predicted octanol–water partition coefficient (Wildman–Crippen LogP) is 6.16. The van der Waals surface area contributed by atoms with Gasteiger partial charge in [-0.25, -0.2) is 23.7 Å². The monoisotopic (exact) mass is 481 g/mol. The molecule has 0 amide bonds. The van der Waals surface area contributed by atoms with Gasteiger partial charge >= 0.3 is 0 Å². The molecule has 2 heterocycles. The number of hydrogen-bond donors (Lipinski definition) is 2. The van der Waals surface area contributed by atoms with E-state index in [9.17, 15) is 13.9 Å². The van der Waals surface area contributed by atoms with Gasteiger partial charge in [0.05, 0.1) is 40.2 Å². The first kappa shape index (κ1) is 22.4. The van der Waals surface area contributed by atoms with E-state index in [1.54, 1.807) is 30.7 Å². The number of hydrogen-bond acceptors (Lipinski definition) is 5. The van der Waals surface area contributed by atoms with Gasteiger partial charge in [-0.2, -0.15) is 0 Å². The molecular formula is C25H22ClF2N5O. The van der Waals surface area contributed by atoms with Gasteiger partial charge in [0.15, 0.2) is 0 Å². The summed E-state index contributed by atoms with van der Waals surface area (Å²) in [5.74, 6) is -0.464. The van der Waals surface area contributed by atoms with Crippen LogP contribution in [0.1, 0.15) is 31.7 Å². The minimum absolute atomic E-state index is 0.151. The highest BCUT2D eigenvalue weighted by Gasteiger charge is 2.26. The molecule has 9 heteroatoms. The van der Waals surface area contributed by atoms with Crippen LogP contribution in [-0.4, -0.2) is 30.7 Å². The Kier molecular flexibility index (Phi) is 6.26. The van der Waals surface area contributed by atoms with Crippen molar-refractivity contribution in [3.63, 3.8) is 0 Å².